The zero-order chi connectivity index (χ0) is 12.8. The second-order valence-electron chi connectivity index (χ2n) is 3.56. The van der Waals surface area contributed by atoms with Crippen LogP contribution in [0.5, 0.6) is 0 Å². The van der Waals surface area contributed by atoms with Crippen LogP contribution in [0.3, 0.4) is 0 Å². The van der Waals surface area contributed by atoms with E-state index in [-0.39, 0.29) is 6.04 Å². The molecule has 0 aliphatic carbocycles. The molecule has 0 fully saturated rings. The van der Waals surface area contributed by atoms with E-state index in [4.69, 9.17) is 5.11 Å². The normalized spacial score (nSPS) is 12.9. The van der Waals surface area contributed by atoms with E-state index in [1.165, 1.54) is 23.1 Å². The van der Waals surface area contributed by atoms with Crippen molar-refractivity contribution in [3.63, 3.8) is 0 Å². The quantitative estimate of drug-likeness (QED) is 0.742. The number of thioether (sulfide) groups is 2. The third-order valence-electron chi connectivity index (χ3n) is 1.77. The van der Waals surface area contributed by atoms with Gasteiger partial charge in [-0.25, -0.2) is 0 Å². The fourth-order valence-corrected chi connectivity index (χ4v) is 3.57. The summed E-state index contributed by atoms with van der Waals surface area (Å²) in [4.78, 5) is 11.0. The third kappa shape index (κ3) is 5.24. The Bertz CT molecular complexity index is 370. The first kappa shape index (κ1) is 14.7. The molecule has 0 amide bonds. The van der Waals surface area contributed by atoms with Crippen molar-refractivity contribution in [2.45, 2.75) is 34.6 Å². The standard InChI is InChI=1S/C9H15N3O2S3/c1-5(2)10-6(7(13)14)4-16-9-12-11-8(15-3)17-9/h5-6,10H,4H2,1-3H3,(H,13,14). The Morgan fingerprint density at radius 1 is 1.47 bits per heavy atom. The molecule has 1 aromatic rings. The molecule has 0 aliphatic heterocycles. The molecule has 1 heterocycles. The van der Waals surface area contributed by atoms with E-state index in [1.807, 2.05) is 20.1 Å². The van der Waals surface area contributed by atoms with Gasteiger partial charge < -0.3 is 10.4 Å². The molecule has 0 aromatic carbocycles. The molecule has 1 rings (SSSR count). The molecule has 1 aromatic heterocycles. The van der Waals surface area contributed by atoms with Crippen LogP contribution < -0.4 is 5.32 Å². The predicted octanol–water partition coefficient (Wildman–Crippen LogP) is 1.80. The summed E-state index contributed by atoms with van der Waals surface area (Å²) in [6.07, 6.45) is 1.94. The summed E-state index contributed by atoms with van der Waals surface area (Å²) in [5, 5.41) is 20.0. The van der Waals surface area contributed by atoms with E-state index in [0.717, 1.165) is 8.68 Å². The molecule has 0 radical (unpaired) electrons. The van der Waals surface area contributed by atoms with E-state index in [9.17, 15) is 4.79 Å². The van der Waals surface area contributed by atoms with Crippen molar-refractivity contribution < 1.29 is 9.90 Å². The Hall–Kier alpha value is -0.310. The Morgan fingerprint density at radius 3 is 2.59 bits per heavy atom. The zero-order valence-electron chi connectivity index (χ0n) is 9.84. The van der Waals surface area contributed by atoms with Crippen LogP contribution in [-0.2, 0) is 4.79 Å². The SMILES string of the molecule is CSc1nnc(SCC(NC(C)C)C(=O)O)s1. The second kappa shape index (κ2) is 7.20. The molecule has 0 spiro atoms. The van der Waals surface area contributed by atoms with Gasteiger partial charge in [-0.1, -0.05) is 48.7 Å². The number of carboxylic acid groups (broad SMARTS) is 1. The number of rotatable bonds is 7. The molecule has 0 bridgehead atoms. The molecule has 0 saturated heterocycles. The van der Waals surface area contributed by atoms with Crippen LogP contribution >= 0.6 is 34.9 Å². The van der Waals surface area contributed by atoms with Gasteiger partial charge in [0.1, 0.15) is 6.04 Å². The number of aliphatic carboxylic acids is 1. The van der Waals surface area contributed by atoms with E-state index >= 15 is 0 Å². The summed E-state index contributed by atoms with van der Waals surface area (Å²) >= 11 is 4.45. The summed E-state index contributed by atoms with van der Waals surface area (Å²) in [7, 11) is 0. The summed E-state index contributed by atoms with van der Waals surface area (Å²) in [6, 6.07) is -0.408. The molecule has 8 heteroatoms. The Morgan fingerprint density at radius 2 is 2.12 bits per heavy atom. The van der Waals surface area contributed by atoms with E-state index < -0.39 is 12.0 Å². The maximum absolute atomic E-state index is 11.0. The highest BCUT2D eigenvalue weighted by molar-refractivity contribution is 8.03. The molecular weight excluding hydrogens is 278 g/mol. The van der Waals surface area contributed by atoms with Crippen LogP contribution in [0.25, 0.3) is 0 Å². The van der Waals surface area contributed by atoms with E-state index in [0.29, 0.717) is 5.75 Å². The van der Waals surface area contributed by atoms with Crippen molar-refractivity contribution in [1.29, 1.82) is 0 Å². The molecule has 1 atom stereocenters. The van der Waals surface area contributed by atoms with Gasteiger partial charge >= 0.3 is 5.97 Å². The summed E-state index contributed by atoms with van der Waals surface area (Å²) < 4.78 is 1.71. The number of hydrogen-bond acceptors (Lipinski definition) is 7. The van der Waals surface area contributed by atoms with Gasteiger partial charge in [-0.15, -0.1) is 10.2 Å². The van der Waals surface area contributed by atoms with Crippen molar-refractivity contribution in [2.75, 3.05) is 12.0 Å². The topological polar surface area (TPSA) is 75.1 Å². The van der Waals surface area contributed by atoms with Gasteiger partial charge in [-0.3, -0.25) is 4.79 Å². The average molecular weight is 293 g/mol. The molecule has 1 unspecified atom stereocenters. The van der Waals surface area contributed by atoms with Crippen molar-refractivity contribution in [2.24, 2.45) is 0 Å². The Balaban J connectivity index is 2.48. The lowest BCUT2D eigenvalue weighted by atomic mass is 10.3. The van der Waals surface area contributed by atoms with E-state index in [2.05, 4.69) is 15.5 Å². The van der Waals surface area contributed by atoms with Crippen LogP contribution in [0.2, 0.25) is 0 Å². The Kier molecular flexibility index (Phi) is 6.24. The molecule has 0 aliphatic rings. The van der Waals surface area contributed by atoms with Crippen molar-refractivity contribution in [3.05, 3.63) is 0 Å². The molecule has 0 saturated carbocycles. The second-order valence-corrected chi connectivity index (χ2v) is 6.86. The van der Waals surface area contributed by atoms with Crippen LogP contribution in [0, 0.1) is 0 Å². The van der Waals surface area contributed by atoms with Crippen LogP contribution in [-0.4, -0.2) is 45.4 Å². The third-order valence-corrected chi connectivity index (χ3v) is 4.89. The highest BCUT2D eigenvalue weighted by atomic mass is 32.2. The number of carboxylic acids is 1. The smallest absolute Gasteiger partial charge is 0.321 e. The molecule has 17 heavy (non-hydrogen) atoms. The van der Waals surface area contributed by atoms with Gasteiger partial charge in [-0.05, 0) is 6.26 Å². The lowest BCUT2D eigenvalue weighted by molar-refractivity contribution is -0.139. The molecular formula is C9H15N3O2S3. The number of carbonyl (C=O) groups is 1. The summed E-state index contributed by atoms with van der Waals surface area (Å²) in [6.45, 7) is 3.86. The lowest BCUT2D eigenvalue weighted by Crippen LogP contribution is -2.42. The maximum Gasteiger partial charge on any atom is 0.321 e. The van der Waals surface area contributed by atoms with Crippen molar-refractivity contribution >= 4 is 40.8 Å². The minimum absolute atomic E-state index is 0.146. The van der Waals surface area contributed by atoms with Gasteiger partial charge in [0.25, 0.3) is 0 Å². The van der Waals surface area contributed by atoms with Crippen molar-refractivity contribution in [3.8, 4) is 0 Å². The monoisotopic (exact) mass is 293 g/mol. The van der Waals surface area contributed by atoms with Gasteiger partial charge in [0.05, 0.1) is 0 Å². The highest BCUT2D eigenvalue weighted by Gasteiger charge is 2.19. The van der Waals surface area contributed by atoms with Gasteiger partial charge in [-0.2, -0.15) is 0 Å². The number of aromatic nitrogens is 2. The largest absolute Gasteiger partial charge is 0.480 e. The lowest BCUT2D eigenvalue weighted by Gasteiger charge is -2.15. The fraction of sp³-hybridized carbons (Fsp3) is 0.667. The predicted molar refractivity (Wildman–Crippen MR) is 72.1 cm³/mol. The van der Waals surface area contributed by atoms with Gasteiger partial charge in [0.15, 0.2) is 8.68 Å². The molecule has 96 valence electrons. The minimum Gasteiger partial charge on any atom is -0.480 e. The minimum atomic E-state index is -0.833. The molecule has 5 nitrogen and oxygen atoms in total. The fourth-order valence-electron chi connectivity index (χ4n) is 1.09. The highest BCUT2D eigenvalue weighted by Crippen LogP contribution is 2.27. The van der Waals surface area contributed by atoms with Crippen LogP contribution in [0.15, 0.2) is 8.68 Å². The first-order valence-corrected chi connectivity index (χ1v) is 8.04. The first-order valence-electron chi connectivity index (χ1n) is 5.02. The van der Waals surface area contributed by atoms with E-state index in [1.54, 1.807) is 11.8 Å². The maximum atomic E-state index is 11.0. The van der Waals surface area contributed by atoms with Crippen LogP contribution in [0.1, 0.15) is 13.8 Å². The number of hydrogen-bond donors (Lipinski definition) is 2. The van der Waals surface area contributed by atoms with Gasteiger partial charge in [0, 0.05) is 11.8 Å². The zero-order valence-corrected chi connectivity index (χ0v) is 12.3. The average Bonchev–Trinajstić information content (AvgIpc) is 2.71. The first-order chi connectivity index (χ1) is 8.02. The summed E-state index contributed by atoms with van der Waals surface area (Å²) in [5.41, 5.74) is 0. The molecule has 2 N–H and O–H groups in total. The Labute approximate surface area is 113 Å². The van der Waals surface area contributed by atoms with Crippen LogP contribution in [0.4, 0.5) is 0 Å². The van der Waals surface area contributed by atoms with Gasteiger partial charge in [0.2, 0.25) is 0 Å². The van der Waals surface area contributed by atoms with Crippen molar-refractivity contribution in [1.82, 2.24) is 15.5 Å². The number of nitrogens with one attached hydrogen (secondary N) is 1. The number of nitrogens with zero attached hydrogens (tertiary/aromatic N) is 2. The summed E-state index contributed by atoms with van der Waals surface area (Å²) in [5.74, 6) is -0.378.